The van der Waals surface area contributed by atoms with E-state index < -0.39 is 12.6 Å². The largest absolute Gasteiger partial charge is 0.391 e. The SMILES string of the molecule is CCCC1NN(C2CCC(C3CCC3)CC2O)C2CCN(C(=O)C3CCC(Br)C4NC(C(F)F)NC34)C(CC)C12. The summed E-state index contributed by atoms with van der Waals surface area (Å²) in [5.74, 6) is 1.65. The molecular weight excluding hydrogens is 580 g/mol. The molecule has 3 saturated heterocycles. The second-order valence-corrected chi connectivity index (χ2v) is 14.8. The van der Waals surface area contributed by atoms with E-state index in [2.05, 4.69) is 55.7 Å². The lowest BCUT2D eigenvalue weighted by Gasteiger charge is -2.49. The minimum absolute atomic E-state index is 0.0813. The summed E-state index contributed by atoms with van der Waals surface area (Å²) in [6.07, 6.45) is 8.72. The summed E-state index contributed by atoms with van der Waals surface area (Å²) in [5.41, 5.74) is 3.89. The Balaban J connectivity index is 1.18. The summed E-state index contributed by atoms with van der Waals surface area (Å²) < 4.78 is 27.2. The van der Waals surface area contributed by atoms with Gasteiger partial charge in [-0.15, -0.1) is 0 Å². The quantitative estimate of drug-likeness (QED) is 0.319. The molecule has 1 amide bonds. The molecule has 0 aromatic heterocycles. The first kappa shape index (κ1) is 29.7. The lowest BCUT2D eigenvalue weighted by molar-refractivity contribution is -0.144. The van der Waals surface area contributed by atoms with Crippen LogP contribution in [0.3, 0.4) is 0 Å². The number of carbonyl (C=O) groups excluding carboxylic acids is 1. The number of aliphatic hydroxyl groups is 1. The maximum atomic E-state index is 14.3. The van der Waals surface area contributed by atoms with E-state index in [0.29, 0.717) is 30.8 Å². The number of halogens is 3. The van der Waals surface area contributed by atoms with Gasteiger partial charge in [0.2, 0.25) is 5.91 Å². The number of nitrogens with zero attached hydrogens (tertiary/aromatic N) is 2. The highest BCUT2D eigenvalue weighted by atomic mass is 79.9. The van der Waals surface area contributed by atoms with Crippen molar-refractivity contribution in [1.82, 2.24) is 26.0 Å². The van der Waals surface area contributed by atoms with Crippen molar-refractivity contribution in [2.24, 2.45) is 23.7 Å². The maximum Gasteiger partial charge on any atom is 0.266 e. The summed E-state index contributed by atoms with van der Waals surface area (Å²) in [4.78, 5) is 16.5. The molecule has 6 fully saturated rings. The minimum Gasteiger partial charge on any atom is -0.391 e. The van der Waals surface area contributed by atoms with Crippen LogP contribution in [-0.4, -0.2) is 87.2 Å². The molecule has 0 aromatic carbocycles. The van der Waals surface area contributed by atoms with Gasteiger partial charge in [-0.2, -0.15) is 0 Å². The van der Waals surface area contributed by atoms with Crippen molar-refractivity contribution in [2.45, 2.75) is 151 Å². The highest BCUT2D eigenvalue weighted by Crippen LogP contribution is 2.46. The summed E-state index contributed by atoms with van der Waals surface area (Å²) in [5, 5.41) is 20.0. The van der Waals surface area contributed by atoms with Crippen LogP contribution >= 0.6 is 15.9 Å². The van der Waals surface area contributed by atoms with Gasteiger partial charge in [0.25, 0.3) is 6.43 Å². The smallest absolute Gasteiger partial charge is 0.266 e. The molecular formula is C30H50BrF2N5O2. The van der Waals surface area contributed by atoms with Crippen LogP contribution in [0.1, 0.15) is 90.9 Å². The zero-order valence-electron chi connectivity index (χ0n) is 24.2. The molecule has 6 rings (SSSR count). The Morgan fingerprint density at radius 2 is 1.77 bits per heavy atom. The van der Waals surface area contributed by atoms with Gasteiger partial charge in [0, 0.05) is 47.5 Å². The molecule has 0 bridgehead atoms. The van der Waals surface area contributed by atoms with Crippen LogP contribution in [0.5, 0.6) is 0 Å². The van der Waals surface area contributed by atoms with Crippen molar-refractivity contribution < 1.29 is 18.7 Å². The summed E-state index contributed by atoms with van der Waals surface area (Å²) in [7, 11) is 0. The molecule has 3 heterocycles. The minimum atomic E-state index is -2.51. The predicted molar refractivity (Wildman–Crippen MR) is 155 cm³/mol. The van der Waals surface area contributed by atoms with E-state index >= 15 is 0 Å². The number of carbonyl (C=O) groups is 1. The third-order valence-electron chi connectivity index (χ3n) is 11.7. The third kappa shape index (κ3) is 5.29. The normalized spacial score (nSPS) is 46.3. The number of likely N-dealkylation sites (tertiary alicyclic amines) is 1. The lowest BCUT2D eigenvalue weighted by Crippen LogP contribution is -2.61. The van der Waals surface area contributed by atoms with Crippen LogP contribution in [0.15, 0.2) is 0 Å². The first-order chi connectivity index (χ1) is 19.3. The zero-order valence-corrected chi connectivity index (χ0v) is 25.7. The van der Waals surface area contributed by atoms with Crippen molar-refractivity contribution in [3.8, 4) is 0 Å². The van der Waals surface area contributed by atoms with Crippen molar-refractivity contribution in [3.05, 3.63) is 0 Å². The highest BCUT2D eigenvalue weighted by molar-refractivity contribution is 9.09. The summed E-state index contributed by atoms with van der Waals surface area (Å²) in [6.45, 7) is 5.11. The third-order valence-corrected chi connectivity index (χ3v) is 12.7. The Kier molecular flexibility index (Phi) is 9.13. The molecule has 7 nitrogen and oxygen atoms in total. The van der Waals surface area contributed by atoms with Crippen molar-refractivity contribution >= 4 is 21.8 Å². The van der Waals surface area contributed by atoms with Crippen molar-refractivity contribution in [1.29, 1.82) is 0 Å². The fourth-order valence-corrected chi connectivity index (χ4v) is 10.3. The first-order valence-electron chi connectivity index (χ1n) is 16.3. The molecule has 12 atom stereocenters. The number of rotatable bonds is 7. The van der Waals surface area contributed by atoms with Gasteiger partial charge in [-0.05, 0) is 63.2 Å². The van der Waals surface area contributed by atoms with Crippen LogP contribution in [-0.2, 0) is 4.79 Å². The van der Waals surface area contributed by atoms with E-state index in [4.69, 9.17) is 0 Å². The molecule has 4 N–H and O–H groups in total. The van der Waals surface area contributed by atoms with E-state index in [9.17, 15) is 18.7 Å². The number of piperidine rings is 1. The van der Waals surface area contributed by atoms with Gasteiger partial charge in [0.05, 0.1) is 18.1 Å². The van der Waals surface area contributed by atoms with Gasteiger partial charge < -0.3 is 10.0 Å². The van der Waals surface area contributed by atoms with Crippen LogP contribution in [0, 0.1) is 23.7 Å². The highest BCUT2D eigenvalue weighted by Gasteiger charge is 2.55. The fraction of sp³-hybridized carbons (Fsp3) is 0.967. The molecule has 40 heavy (non-hydrogen) atoms. The summed E-state index contributed by atoms with van der Waals surface area (Å²) >= 11 is 3.69. The number of hydrogen-bond acceptors (Lipinski definition) is 6. The van der Waals surface area contributed by atoms with Crippen LogP contribution < -0.4 is 16.1 Å². The molecule has 6 aliphatic rings. The van der Waals surface area contributed by atoms with Crippen LogP contribution in [0.25, 0.3) is 0 Å². The Hall–Kier alpha value is -0.390. The van der Waals surface area contributed by atoms with Crippen LogP contribution in [0.2, 0.25) is 0 Å². The van der Waals surface area contributed by atoms with Gasteiger partial charge >= 0.3 is 0 Å². The molecule has 12 unspecified atom stereocenters. The van der Waals surface area contributed by atoms with Crippen molar-refractivity contribution in [2.75, 3.05) is 6.54 Å². The second kappa shape index (κ2) is 12.3. The van der Waals surface area contributed by atoms with E-state index in [1.807, 2.05) is 0 Å². The Morgan fingerprint density at radius 3 is 2.42 bits per heavy atom. The Labute approximate surface area is 247 Å². The average molecular weight is 631 g/mol. The zero-order chi connectivity index (χ0) is 28.1. The van der Waals surface area contributed by atoms with Gasteiger partial charge in [0.1, 0.15) is 6.17 Å². The fourth-order valence-electron chi connectivity index (χ4n) is 9.53. The molecule has 0 radical (unpaired) electrons. The van der Waals surface area contributed by atoms with Gasteiger partial charge in [-0.25, -0.2) is 13.8 Å². The topological polar surface area (TPSA) is 79.9 Å². The number of aliphatic hydroxyl groups excluding tert-OH is 1. The molecule has 0 aromatic rings. The van der Waals surface area contributed by atoms with Crippen LogP contribution in [0.4, 0.5) is 8.78 Å². The number of hydrogen-bond donors (Lipinski definition) is 4. The molecule has 228 valence electrons. The first-order valence-corrected chi connectivity index (χ1v) is 17.2. The number of nitrogens with one attached hydrogen (secondary N) is 3. The average Bonchev–Trinajstić information content (AvgIpc) is 3.51. The predicted octanol–water partition coefficient (Wildman–Crippen LogP) is 4.00. The van der Waals surface area contributed by atoms with E-state index in [1.54, 1.807) is 0 Å². The standard InChI is InChI=1S/C30H50BrF2N5O2/c1-3-6-20-25-21(4-2)37(30(40)18-10-11-19(31)27-26(18)34-29(35-27)28(32)33)14-13-23(25)38(36-20)22-12-9-17(15-24(22)39)16-7-5-8-16/h16-29,34-36,39H,3-15H2,1-2H3. The number of fused-ring (bicyclic) bond motifs is 2. The maximum absolute atomic E-state index is 14.3. The van der Waals surface area contributed by atoms with E-state index in [-0.39, 0.29) is 53.0 Å². The lowest BCUT2D eigenvalue weighted by atomic mass is 9.68. The summed E-state index contributed by atoms with van der Waals surface area (Å²) in [6, 6.07) is 0.390. The molecule has 3 aliphatic carbocycles. The molecule has 10 heteroatoms. The molecule has 3 aliphatic heterocycles. The van der Waals surface area contributed by atoms with Gasteiger partial charge in [-0.3, -0.25) is 20.9 Å². The monoisotopic (exact) mass is 629 g/mol. The van der Waals surface area contributed by atoms with Gasteiger partial charge in [-0.1, -0.05) is 55.5 Å². The van der Waals surface area contributed by atoms with E-state index in [1.165, 1.54) is 25.7 Å². The number of hydrazine groups is 1. The van der Waals surface area contributed by atoms with Crippen molar-refractivity contribution in [3.63, 3.8) is 0 Å². The van der Waals surface area contributed by atoms with E-state index in [0.717, 1.165) is 50.9 Å². The number of amides is 1. The Morgan fingerprint density at radius 1 is 1.00 bits per heavy atom. The van der Waals surface area contributed by atoms with Gasteiger partial charge in [0.15, 0.2) is 0 Å². The molecule has 0 spiro atoms. The Bertz CT molecular complexity index is 898. The second-order valence-electron chi connectivity index (χ2n) is 13.7. The molecule has 3 saturated carbocycles. The number of alkyl halides is 3.